The molecule has 70 valence electrons. The number of nitrogens with one attached hydrogen (secondary N) is 2. The van der Waals surface area contributed by atoms with E-state index in [1.165, 1.54) is 0 Å². The SMILES string of the molecule is N=NCc1cnc(-c2ccccc2)[nH]1. The van der Waals surface area contributed by atoms with E-state index in [1.807, 2.05) is 30.3 Å². The number of hydrogen-bond acceptors (Lipinski definition) is 3. The van der Waals surface area contributed by atoms with Crippen LogP contribution in [-0.2, 0) is 6.54 Å². The summed E-state index contributed by atoms with van der Waals surface area (Å²) >= 11 is 0. The molecule has 0 spiro atoms. The zero-order valence-electron chi connectivity index (χ0n) is 7.57. The largest absolute Gasteiger partial charge is 0.340 e. The molecule has 0 fully saturated rings. The van der Waals surface area contributed by atoms with Crippen LogP contribution in [0.1, 0.15) is 5.69 Å². The quantitative estimate of drug-likeness (QED) is 0.711. The van der Waals surface area contributed by atoms with E-state index in [1.54, 1.807) is 6.20 Å². The summed E-state index contributed by atoms with van der Waals surface area (Å²) < 4.78 is 0. The Balaban J connectivity index is 2.29. The Bertz CT molecular complexity index is 419. The molecule has 0 saturated heterocycles. The standard InChI is InChI=1S/C10H10N4/c11-13-7-9-6-12-10(14-9)8-4-2-1-3-5-8/h1-6,11H,7H2,(H,12,14). The zero-order valence-corrected chi connectivity index (χ0v) is 7.57. The fraction of sp³-hybridized carbons (Fsp3) is 0.100. The second-order valence-corrected chi connectivity index (χ2v) is 2.94. The molecular formula is C10H10N4. The van der Waals surface area contributed by atoms with Gasteiger partial charge in [0.05, 0.1) is 11.9 Å². The molecule has 0 radical (unpaired) electrons. The number of benzene rings is 1. The van der Waals surface area contributed by atoms with Crippen molar-refractivity contribution < 1.29 is 0 Å². The van der Waals surface area contributed by atoms with E-state index in [2.05, 4.69) is 15.1 Å². The molecule has 14 heavy (non-hydrogen) atoms. The van der Waals surface area contributed by atoms with E-state index in [9.17, 15) is 0 Å². The molecule has 1 aromatic carbocycles. The zero-order chi connectivity index (χ0) is 9.80. The number of aromatic amines is 1. The summed E-state index contributed by atoms with van der Waals surface area (Å²) in [6.07, 6.45) is 1.71. The first-order valence-corrected chi connectivity index (χ1v) is 4.32. The lowest BCUT2D eigenvalue weighted by molar-refractivity contribution is 0.883. The highest BCUT2D eigenvalue weighted by Crippen LogP contribution is 2.14. The Morgan fingerprint density at radius 3 is 2.79 bits per heavy atom. The van der Waals surface area contributed by atoms with Crippen molar-refractivity contribution in [3.8, 4) is 11.4 Å². The van der Waals surface area contributed by atoms with Gasteiger partial charge < -0.3 is 4.98 Å². The first-order chi connectivity index (χ1) is 6.90. The van der Waals surface area contributed by atoms with Crippen molar-refractivity contribution in [1.29, 1.82) is 5.53 Å². The van der Waals surface area contributed by atoms with Gasteiger partial charge in [-0.15, -0.1) is 0 Å². The molecule has 0 atom stereocenters. The van der Waals surface area contributed by atoms with Gasteiger partial charge in [-0.25, -0.2) is 10.5 Å². The highest BCUT2D eigenvalue weighted by Gasteiger charge is 2.01. The maximum absolute atomic E-state index is 6.73. The second-order valence-electron chi connectivity index (χ2n) is 2.94. The fourth-order valence-electron chi connectivity index (χ4n) is 1.27. The molecule has 2 rings (SSSR count). The third-order valence-electron chi connectivity index (χ3n) is 1.93. The molecule has 4 nitrogen and oxygen atoms in total. The van der Waals surface area contributed by atoms with Gasteiger partial charge in [-0.2, -0.15) is 5.11 Å². The van der Waals surface area contributed by atoms with E-state index in [0.717, 1.165) is 17.1 Å². The van der Waals surface area contributed by atoms with Crippen LogP contribution in [0.25, 0.3) is 11.4 Å². The van der Waals surface area contributed by atoms with Gasteiger partial charge in [0.2, 0.25) is 0 Å². The number of nitrogens with zero attached hydrogens (tertiary/aromatic N) is 2. The predicted molar refractivity (Wildman–Crippen MR) is 52.9 cm³/mol. The van der Waals surface area contributed by atoms with Gasteiger partial charge in [-0.05, 0) is 0 Å². The number of hydrogen-bond donors (Lipinski definition) is 2. The summed E-state index contributed by atoms with van der Waals surface area (Å²) in [4.78, 5) is 7.31. The van der Waals surface area contributed by atoms with Gasteiger partial charge in [-0.3, -0.25) is 0 Å². The summed E-state index contributed by atoms with van der Waals surface area (Å²) in [5.74, 6) is 0.823. The minimum atomic E-state index is 0.361. The minimum Gasteiger partial charge on any atom is -0.340 e. The summed E-state index contributed by atoms with van der Waals surface area (Å²) in [5.41, 5.74) is 8.64. The van der Waals surface area contributed by atoms with Crippen LogP contribution in [-0.4, -0.2) is 9.97 Å². The number of rotatable bonds is 3. The van der Waals surface area contributed by atoms with Gasteiger partial charge in [-0.1, -0.05) is 30.3 Å². The summed E-state index contributed by atoms with van der Waals surface area (Å²) in [5, 5.41) is 3.29. The second kappa shape index (κ2) is 3.83. The van der Waals surface area contributed by atoms with Crippen LogP contribution in [0.2, 0.25) is 0 Å². The summed E-state index contributed by atoms with van der Waals surface area (Å²) in [6.45, 7) is 0.361. The Morgan fingerprint density at radius 1 is 1.29 bits per heavy atom. The van der Waals surface area contributed by atoms with E-state index in [-0.39, 0.29) is 0 Å². The maximum Gasteiger partial charge on any atom is 0.137 e. The lowest BCUT2D eigenvalue weighted by Gasteiger charge is -1.94. The molecule has 0 aliphatic carbocycles. The summed E-state index contributed by atoms with van der Waals surface area (Å²) in [6, 6.07) is 9.87. The smallest absolute Gasteiger partial charge is 0.137 e. The Morgan fingerprint density at radius 2 is 2.07 bits per heavy atom. The third-order valence-corrected chi connectivity index (χ3v) is 1.93. The Kier molecular flexibility index (Phi) is 2.36. The van der Waals surface area contributed by atoms with Crippen molar-refractivity contribution in [2.75, 3.05) is 0 Å². The van der Waals surface area contributed by atoms with Crippen molar-refractivity contribution in [3.05, 3.63) is 42.2 Å². The average molecular weight is 186 g/mol. The molecule has 0 aliphatic heterocycles. The number of aromatic nitrogens is 2. The lowest BCUT2D eigenvalue weighted by atomic mass is 10.2. The van der Waals surface area contributed by atoms with Crippen LogP contribution in [0, 0.1) is 5.53 Å². The molecule has 2 aromatic rings. The minimum absolute atomic E-state index is 0.361. The molecule has 0 saturated carbocycles. The molecule has 0 aliphatic rings. The predicted octanol–water partition coefficient (Wildman–Crippen LogP) is 2.61. The highest BCUT2D eigenvalue weighted by atomic mass is 15.0. The molecule has 4 heteroatoms. The van der Waals surface area contributed by atoms with Crippen LogP contribution < -0.4 is 0 Å². The number of H-pyrrole nitrogens is 1. The summed E-state index contributed by atoms with van der Waals surface area (Å²) in [7, 11) is 0. The molecular weight excluding hydrogens is 176 g/mol. The molecule has 1 aromatic heterocycles. The first kappa shape index (κ1) is 8.62. The third kappa shape index (κ3) is 1.69. The Labute approximate surface area is 81.5 Å². The topological polar surface area (TPSA) is 64.9 Å². The normalized spacial score (nSPS) is 10.0. The van der Waals surface area contributed by atoms with Crippen LogP contribution in [0.5, 0.6) is 0 Å². The van der Waals surface area contributed by atoms with Crippen molar-refractivity contribution in [3.63, 3.8) is 0 Å². The van der Waals surface area contributed by atoms with Crippen LogP contribution >= 0.6 is 0 Å². The van der Waals surface area contributed by atoms with Crippen LogP contribution in [0.4, 0.5) is 0 Å². The van der Waals surface area contributed by atoms with Gasteiger partial charge in [0.15, 0.2) is 0 Å². The first-order valence-electron chi connectivity index (χ1n) is 4.32. The maximum atomic E-state index is 6.73. The monoisotopic (exact) mass is 186 g/mol. The fourth-order valence-corrected chi connectivity index (χ4v) is 1.27. The van der Waals surface area contributed by atoms with Gasteiger partial charge in [0, 0.05) is 5.56 Å². The van der Waals surface area contributed by atoms with Gasteiger partial charge in [0.25, 0.3) is 0 Å². The lowest BCUT2D eigenvalue weighted by Crippen LogP contribution is -1.81. The molecule has 0 unspecified atom stereocenters. The van der Waals surface area contributed by atoms with Crippen molar-refractivity contribution >= 4 is 0 Å². The van der Waals surface area contributed by atoms with Crippen LogP contribution in [0.15, 0.2) is 41.6 Å². The molecule has 2 N–H and O–H groups in total. The molecule has 0 amide bonds. The van der Waals surface area contributed by atoms with Gasteiger partial charge >= 0.3 is 0 Å². The van der Waals surface area contributed by atoms with E-state index >= 15 is 0 Å². The average Bonchev–Trinajstić information content (AvgIpc) is 2.68. The van der Waals surface area contributed by atoms with Crippen LogP contribution in [0.3, 0.4) is 0 Å². The van der Waals surface area contributed by atoms with Crippen molar-refractivity contribution in [2.45, 2.75) is 6.54 Å². The van der Waals surface area contributed by atoms with Gasteiger partial charge in [0.1, 0.15) is 12.4 Å². The van der Waals surface area contributed by atoms with E-state index < -0.39 is 0 Å². The molecule has 0 bridgehead atoms. The highest BCUT2D eigenvalue weighted by molar-refractivity contribution is 5.54. The van der Waals surface area contributed by atoms with Crippen molar-refractivity contribution in [2.24, 2.45) is 5.11 Å². The molecule has 1 heterocycles. The van der Waals surface area contributed by atoms with E-state index in [0.29, 0.717) is 6.54 Å². The van der Waals surface area contributed by atoms with Crippen molar-refractivity contribution in [1.82, 2.24) is 9.97 Å². The Hall–Kier alpha value is -1.97. The number of imidazole rings is 1. The van der Waals surface area contributed by atoms with E-state index in [4.69, 9.17) is 5.53 Å².